The first kappa shape index (κ1) is 5.93. The Morgan fingerprint density at radius 1 is 2.00 bits per heavy atom. The molecule has 1 heterocycles. The van der Waals surface area contributed by atoms with Crippen molar-refractivity contribution >= 4 is 28.4 Å². The lowest BCUT2D eigenvalue weighted by Gasteiger charge is -1.87. The van der Waals surface area contributed by atoms with Gasteiger partial charge in [0.05, 0.1) is 0 Å². The maximum atomic E-state index is 5.09. The zero-order chi connectivity index (χ0) is 5.98. The van der Waals surface area contributed by atoms with Crippen LogP contribution in [0.15, 0.2) is 0 Å². The van der Waals surface area contributed by atoms with Gasteiger partial charge in [-0.25, -0.2) is 0 Å². The highest BCUT2D eigenvalue weighted by Crippen LogP contribution is 2.21. The molecule has 0 aromatic heterocycles. The predicted molar refractivity (Wildman–Crippen MR) is 38.8 cm³/mol. The topological polar surface area (TPSA) is 9.23 Å². The van der Waals surface area contributed by atoms with Gasteiger partial charge in [-0.3, -0.25) is 0 Å². The third-order valence-corrected chi connectivity index (χ3v) is 2.05. The molecule has 8 heavy (non-hydrogen) atoms. The molecular formula is C5H4OS2. The number of rotatable bonds is 0. The van der Waals surface area contributed by atoms with Crippen molar-refractivity contribution in [2.75, 3.05) is 6.61 Å². The van der Waals surface area contributed by atoms with Gasteiger partial charge in [0.2, 0.25) is 4.38 Å². The third-order valence-electron chi connectivity index (χ3n) is 0.777. The number of hydrogen-bond donors (Lipinski definition) is 0. The number of hydrogen-bond acceptors (Lipinski definition) is 3. The second-order valence-corrected chi connectivity index (χ2v) is 3.14. The molecule has 1 fully saturated rings. The van der Waals surface area contributed by atoms with E-state index in [0.717, 1.165) is 0 Å². The van der Waals surface area contributed by atoms with E-state index in [-0.39, 0.29) is 5.25 Å². The van der Waals surface area contributed by atoms with Crippen LogP contribution >= 0.6 is 24.0 Å². The van der Waals surface area contributed by atoms with Gasteiger partial charge in [0.25, 0.3) is 0 Å². The summed E-state index contributed by atoms with van der Waals surface area (Å²) >= 11 is 6.15. The smallest absolute Gasteiger partial charge is 0.221 e. The van der Waals surface area contributed by atoms with Gasteiger partial charge in [-0.2, -0.15) is 0 Å². The molecule has 1 aliphatic heterocycles. The van der Waals surface area contributed by atoms with Gasteiger partial charge in [-0.1, -0.05) is 17.7 Å². The van der Waals surface area contributed by atoms with E-state index in [2.05, 4.69) is 5.92 Å². The summed E-state index contributed by atoms with van der Waals surface area (Å²) < 4.78 is 5.49. The third kappa shape index (κ3) is 1.15. The highest BCUT2D eigenvalue weighted by Gasteiger charge is 2.18. The van der Waals surface area contributed by atoms with Crippen LogP contribution in [0.5, 0.6) is 0 Å². The molecule has 1 atom stereocenters. The van der Waals surface area contributed by atoms with Gasteiger partial charge in [-0.15, -0.1) is 6.42 Å². The van der Waals surface area contributed by atoms with Gasteiger partial charge < -0.3 is 4.74 Å². The van der Waals surface area contributed by atoms with Crippen molar-refractivity contribution in [3.8, 4) is 12.3 Å². The van der Waals surface area contributed by atoms with Crippen LogP contribution in [0.1, 0.15) is 0 Å². The maximum Gasteiger partial charge on any atom is 0.221 e. The maximum absolute atomic E-state index is 5.09. The summed E-state index contributed by atoms with van der Waals surface area (Å²) in [4.78, 5) is 0. The van der Waals surface area contributed by atoms with Crippen molar-refractivity contribution in [2.24, 2.45) is 0 Å². The molecule has 1 unspecified atom stereocenters. The number of terminal acetylenes is 1. The average molecular weight is 144 g/mol. The van der Waals surface area contributed by atoms with E-state index in [9.17, 15) is 0 Å². The van der Waals surface area contributed by atoms with Crippen LogP contribution in [0.2, 0.25) is 0 Å². The van der Waals surface area contributed by atoms with Crippen molar-refractivity contribution < 1.29 is 4.74 Å². The molecule has 0 aromatic carbocycles. The molecule has 1 saturated heterocycles. The highest BCUT2D eigenvalue weighted by atomic mass is 32.2. The molecule has 0 bridgehead atoms. The molecule has 1 aliphatic rings. The van der Waals surface area contributed by atoms with Gasteiger partial charge in [0.1, 0.15) is 11.9 Å². The van der Waals surface area contributed by atoms with Crippen LogP contribution in [0.3, 0.4) is 0 Å². The first-order valence-corrected chi connectivity index (χ1v) is 3.41. The van der Waals surface area contributed by atoms with Crippen LogP contribution in [-0.4, -0.2) is 16.2 Å². The minimum Gasteiger partial charge on any atom is -0.476 e. The molecule has 3 heteroatoms. The monoisotopic (exact) mass is 144 g/mol. The molecule has 1 rings (SSSR count). The van der Waals surface area contributed by atoms with Gasteiger partial charge in [0.15, 0.2) is 0 Å². The molecule has 1 nitrogen and oxygen atoms in total. The van der Waals surface area contributed by atoms with Crippen molar-refractivity contribution in [1.29, 1.82) is 0 Å². The molecule has 0 amide bonds. The fourth-order valence-corrected chi connectivity index (χ4v) is 1.40. The molecule has 42 valence electrons. The average Bonchev–Trinajstić information content (AvgIpc) is 2.14. The van der Waals surface area contributed by atoms with E-state index in [1.807, 2.05) is 0 Å². The Balaban J connectivity index is 2.47. The fourth-order valence-electron chi connectivity index (χ4n) is 0.410. The molecule has 0 saturated carbocycles. The molecular weight excluding hydrogens is 140 g/mol. The molecule has 0 spiro atoms. The number of thioether (sulfide) groups is 1. The lowest BCUT2D eigenvalue weighted by Crippen LogP contribution is -1.96. The summed E-state index contributed by atoms with van der Waals surface area (Å²) in [5.74, 6) is 2.54. The number of thiocarbonyl (C=S) groups is 1. The van der Waals surface area contributed by atoms with Crippen LogP contribution in [0.25, 0.3) is 0 Å². The Hall–Kier alpha value is -0.200. The van der Waals surface area contributed by atoms with Gasteiger partial charge in [-0.05, 0) is 12.2 Å². The van der Waals surface area contributed by atoms with Gasteiger partial charge in [0, 0.05) is 0 Å². The summed E-state index contributed by atoms with van der Waals surface area (Å²) in [6.45, 7) is 0.583. The second-order valence-electron chi connectivity index (χ2n) is 1.33. The minimum atomic E-state index is 0.155. The summed E-state index contributed by atoms with van der Waals surface area (Å²) in [6.07, 6.45) is 5.09. The van der Waals surface area contributed by atoms with E-state index in [0.29, 0.717) is 11.0 Å². The Labute approximate surface area is 57.8 Å². The largest absolute Gasteiger partial charge is 0.476 e. The Bertz CT molecular complexity index is 147. The first-order valence-electron chi connectivity index (χ1n) is 2.12. The first-order chi connectivity index (χ1) is 3.83. The predicted octanol–water partition coefficient (Wildman–Crippen LogP) is 1.04. The zero-order valence-corrected chi connectivity index (χ0v) is 5.72. The van der Waals surface area contributed by atoms with Crippen LogP contribution in [0, 0.1) is 12.3 Å². The lowest BCUT2D eigenvalue weighted by atomic mass is 10.5. The van der Waals surface area contributed by atoms with Crippen LogP contribution in [0.4, 0.5) is 0 Å². The molecule has 0 N–H and O–H groups in total. The SMILES string of the molecule is C#CC1COC(=S)S1. The molecule has 0 aromatic rings. The number of ether oxygens (including phenoxy) is 1. The standard InChI is InChI=1S/C5H4OS2/c1-2-4-3-6-5(7)8-4/h1,4H,3H2. The van der Waals surface area contributed by atoms with Crippen molar-refractivity contribution in [3.63, 3.8) is 0 Å². The second kappa shape index (κ2) is 2.38. The normalized spacial score (nSPS) is 26.9. The molecule has 0 radical (unpaired) electrons. The van der Waals surface area contributed by atoms with E-state index in [1.54, 1.807) is 0 Å². The summed E-state index contributed by atoms with van der Waals surface area (Å²) in [5.41, 5.74) is 0. The zero-order valence-electron chi connectivity index (χ0n) is 4.09. The van der Waals surface area contributed by atoms with Crippen molar-refractivity contribution in [1.82, 2.24) is 0 Å². The summed E-state index contributed by atoms with van der Waals surface area (Å²) in [5, 5.41) is 0.155. The van der Waals surface area contributed by atoms with E-state index >= 15 is 0 Å². The fraction of sp³-hybridized carbons (Fsp3) is 0.400. The van der Waals surface area contributed by atoms with E-state index in [1.165, 1.54) is 11.8 Å². The minimum absolute atomic E-state index is 0.155. The summed E-state index contributed by atoms with van der Waals surface area (Å²) in [7, 11) is 0. The Morgan fingerprint density at radius 3 is 3.00 bits per heavy atom. The Morgan fingerprint density at radius 2 is 2.75 bits per heavy atom. The Kier molecular flexibility index (Phi) is 1.77. The lowest BCUT2D eigenvalue weighted by molar-refractivity contribution is 0.349. The highest BCUT2D eigenvalue weighted by molar-refractivity contribution is 8.23. The van der Waals surface area contributed by atoms with Crippen molar-refractivity contribution in [3.05, 3.63) is 0 Å². The van der Waals surface area contributed by atoms with Crippen LogP contribution in [-0.2, 0) is 4.74 Å². The quantitative estimate of drug-likeness (QED) is 0.371. The molecule has 0 aliphatic carbocycles. The van der Waals surface area contributed by atoms with Gasteiger partial charge >= 0.3 is 0 Å². The van der Waals surface area contributed by atoms with E-state index < -0.39 is 0 Å². The van der Waals surface area contributed by atoms with Crippen molar-refractivity contribution in [2.45, 2.75) is 5.25 Å². The summed E-state index contributed by atoms with van der Waals surface area (Å²) in [6, 6.07) is 0. The van der Waals surface area contributed by atoms with E-state index in [4.69, 9.17) is 23.4 Å². The van der Waals surface area contributed by atoms with Crippen LogP contribution < -0.4 is 0 Å².